The summed E-state index contributed by atoms with van der Waals surface area (Å²) in [6, 6.07) is 4.72. The van der Waals surface area contributed by atoms with Gasteiger partial charge in [-0.15, -0.1) is 0 Å². The van der Waals surface area contributed by atoms with Crippen molar-refractivity contribution in [2.75, 3.05) is 11.9 Å². The van der Waals surface area contributed by atoms with Crippen LogP contribution in [0.3, 0.4) is 0 Å². The minimum atomic E-state index is -0.210. The van der Waals surface area contributed by atoms with Gasteiger partial charge >= 0.3 is 0 Å². The predicted octanol–water partition coefficient (Wildman–Crippen LogP) is 4.58. The minimum Gasteiger partial charge on any atom is -0.384 e. The summed E-state index contributed by atoms with van der Waals surface area (Å²) in [6.45, 7) is 3.15. The lowest BCUT2D eigenvalue weighted by Crippen LogP contribution is -2.02. The van der Waals surface area contributed by atoms with Gasteiger partial charge in [0, 0.05) is 16.7 Å². The Morgan fingerprint density at radius 3 is 2.73 bits per heavy atom. The van der Waals surface area contributed by atoms with Crippen LogP contribution in [-0.4, -0.2) is 6.54 Å². The van der Waals surface area contributed by atoms with Gasteiger partial charge in [0.1, 0.15) is 5.82 Å². The summed E-state index contributed by atoms with van der Waals surface area (Å²) in [5.41, 5.74) is 0.966. The van der Waals surface area contributed by atoms with E-state index in [1.54, 1.807) is 6.07 Å². The molecule has 0 aliphatic heterocycles. The van der Waals surface area contributed by atoms with Gasteiger partial charge in [-0.1, -0.05) is 26.2 Å². The third-order valence-electron chi connectivity index (χ3n) is 2.28. The summed E-state index contributed by atoms with van der Waals surface area (Å²) < 4.78 is 13.6. The second-order valence-corrected chi connectivity index (χ2v) is 4.47. The number of hydrogen-bond donors (Lipinski definition) is 1. The number of rotatable bonds is 6. The fraction of sp³-hybridized carbons (Fsp3) is 0.500. The Morgan fingerprint density at radius 2 is 2.07 bits per heavy atom. The molecular formula is C12H17BrFN. The Labute approximate surface area is 99.2 Å². The maximum absolute atomic E-state index is 12.8. The molecule has 0 amide bonds. The van der Waals surface area contributed by atoms with E-state index in [2.05, 4.69) is 28.2 Å². The van der Waals surface area contributed by atoms with Crippen LogP contribution >= 0.6 is 15.9 Å². The molecule has 0 fully saturated rings. The summed E-state index contributed by atoms with van der Waals surface area (Å²) in [7, 11) is 0. The molecule has 1 aromatic rings. The lowest BCUT2D eigenvalue weighted by molar-refractivity contribution is 0.627. The first kappa shape index (κ1) is 12.5. The molecule has 0 radical (unpaired) electrons. The average Bonchev–Trinajstić information content (AvgIpc) is 2.20. The van der Waals surface area contributed by atoms with E-state index in [1.807, 2.05) is 0 Å². The van der Waals surface area contributed by atoms with Crippen LogP contribution in [0.1, 0.15) is 32.6 Å². The first-order valence-corrected chi connectivity index (χ1v) is 6.22. The molecule has 84 valence electrons. The molecule has 3 heteroatoms. The minimum absolute atomic E-state index is 0.210. The zero-order valence-electron chi connectivity index (χ0n) is 9.02. The van der Waals surface area contributed by atoms with E-state index in [1.165, 1.54) is 31.4 Å². The monoisotopic (exact) mass is 273 g/mol. The number of unbranched alkanes of at least 4 members (excludes halogenated alkanes) is 3. The molecule has 0 atom stereocenters. The SMILES string of the molecule is CCCCCCNc1ccc(F)cc1Br. The van der Waals surface area contributed by atoms with Crippen LogP contribution in [0.25, 0.3) is 0 Å². The maximum Gasteiger partial charge on any atom is 0.124 e. The second-order valence-electron chi connectivity index (χ2n) is 3.61. The molecule has 0 aliphatic rings. The van der Waals surface area contributed by atoms with Crippen LogP contribution in [-0.2, 0) is 0 Å². The van der Waals surface area contributed by atoms with Gasteiger partial charge in [0.15, 0.2) is 0 Å². The topological polar surface area (TPSA) is 12.0 Å². The van der Waals surface area contributed by atoms with Gasteiger partial charge in [-0.05, 0) is 40.5 Å². The molecule has 1 aromatic carbocycles. The fourth-order valence-corrected chi connectivity index (χ4v) is 1.90. The average molecular weight is 274 g/mol. The Kier molecular flexibility index (Phi) is 5.69. The van der Waals surface area contributed by atoms with Crippen molar-refractivity contribution in [1.29, 1.82) is 0 Å². The highest BCUT2D eigenvalue weighted by Gasteiger charge is 1.99. The summed E-state index contributed by atoms with van der Waals surface area (Å²) in [6.07, 6.45) is 4.95. The van der Waals surface area contributed by atoms with Crippen LogP contribution in [0, 0.1) is 5.82 Å². The molecule has 15 heavy (non-hydrogen) atoms. The van der Waals surface area contributed by atoms with Crippen LogP contribution in [0.15, 0.2) is 22.7 Å². The van der Waals surface area contributed by atoms with Crippen molar-refractivity contribution in [1.82, 2.24) is 0 Å². The normalized spacial score (nSPS) is 10.3. The predicted molar refractivity (Wildman–Crippen MR) is 66.7 cm³/mol. The number of hydrogen-bond acceptors (Lipinski definition) is 1. The number of anilines is 1. The van der Waals surface area contributed by atoms with Gasteiger partial charge in [-0.25, -0.2) is 4.39 Å². The largest absolute Gasteiger partial charge is 0.384 e. The number of benzene rings is 1. The highest BCUT2D eigenvalue weighted by molar-refractivity contribution is 9.10. The van der Waals surface area contributed by atoms with Crippen molar-refractivity contribution in [2.24, 2.45) is 0 Å². The Bertz CT molecular complexity index is 302. The first-order valence-electron chi connectivity index (χ1n) is 5.43. The standard InChI is InChI=1S/C12H17BrFN/c1-2-3-4-5-8-15-12-7-6-10(14)9-11(12)13/h6-7,9,15H,2-5,8H2,1H3. The van der Waals surface area contributed by atoms with Crippen molar-refractivity contribution in [3.05, 3.63) is 28.5 Å². The van der Waals surface area contributed by atoms with Crippen LogP contribution in [0.2, 0.25) is 0 Å². The third-order valence-corrected chi connectivity index (χ3v) is 2.93. The second kappa shape index (κ2) is 6.83. The third kappa shape index (κ3) is 4.65. The molecule has 0 saturated carbocycles. The number of nitrogens with one attached hydrogen (secondary N) is 1. The first-order chi connectivity index (χ1) is 7.24. The van der Waals surface area contributed by atoms with E-state index < -0.39 is 0 Å². The molecule has 1 nitrogen and oxygen atoms in total. The van der Waals surface area contributed by atoms with Crippen molar-refractivity contribution in [3.8, 4) is 0 Å². The summed E-state index contributed by atoms with van der Waals surface area (Å²) in [5, 5.41) is 3.29. The molecule has 0 heterocycles. The Balaban J connectivity index is 2.31. The van der Waals surface area contributed by atoms with Crippen molar-refractivity contribution in [3.63, 3.8) is 0 Å². The molecule has 0 aliphatic carbocycles. The molecular weight excluding hydrogens is 257 g/mol. The van der Waals surface area contributed by atoms with Crippen molar-refractivity contribution >= 4 is 21.6 Å². The molecule has 1 rings (SSSR count). The molecule has 0 bridgehead atoms. The van der Waals surface area contributed by atoms with Gasteiger partial charge < -0.3 is 5.32 Å². The van der Waals surface area contributed by atoms with Crippen LogP contribution in [0.5, 0.6) is 0 Å². The van der Waals surface area contributed by atoms with E-state index in [9.17, 15) is 4.39 Å². The Morgan fingerprint density at radius 1 is 1.27 bits per heavy atom. The number of halogens is 2. The lowest BCUT2D eigenvalue weighted by atomic mass is 10.2. The lowest BCUT2D eigenvalue weighted by Gasteiger charge is -2.08. The van der Waals surface area contributed by atoms with Crippen LogP contribution < -0.4 is 5.32 Å². The quantitative estimate of drug-likeness (QED) is 0.749. The summed E-state index contributed by atoms with van der Waals surface area (Å²) >= 11 is 3.33. The van der Waals surface area contributed by atoms with E-state index >= 15 is 0 Å². The Hall–Kier alpha value is -0.570. The van der Waals surface area contributed by atoms with Crippen LogP contribution in [0.4, 0.5) is 10.1 Å². The van der Waals surface area contributed by atoms with Gasteiger partial charge in [-0.3, -0.25) is 0 Å². The van der Waals surface area contributed by atoms with Gasteiger partial charge in [0.25, 0.3) is 0 Å². The summed E-state index contributed by atoms with van der Waals surface area (Å²) in [5.74, 6) is -0.210. The van der Waals surface area contributed by atoms with Gasteiger partial charge in [-0.2, -0.15) is 0 Å². The fourth-order valence-electron chi connectivity index (χ4n) is 1.41. The van der Waals surface area contributed by atoms with Gasteiger partial charge in [0.2, 0.25) is 0 Å². The smallest absolute Gasteiger partial charge is 0.124 e. The molecule has 0 unspecified atom stereocenters. The molecule has 1 N–H and O–H groups in total. The zero-order chi connectivity index (χ0) is 11.1. The van der Waals surface area contributed by atoms with Crippen molar-refractivity contribution in [2.45, 2.75) is 32.6 Å². The van der Waals surface area contributed by atoms with E-state index in [4.69, 9.17) is 0 Å². The van der Waals surface area contributed by atoms with E-state index in [0.717, 1.165) is 23.1 Å². The van der Waals surface area contributed by atoms with E-state index in [0.29, 0.717) is 0 Å². The maximum atomic E-state index is 12.8. The zero-order valence-corrected chi connectivity index (χ0v) is 10.6. The summed E-state index contributed by atoms with van der Waals surface area (Å²) in [4.78, 5) is 0. The van der Waals surface area contributed by atoms with Crippen molar-refractivity contribution < 1.29 is 4.39 Å². The highest BCUT2D eigenvalue weighted by atomic mass is 79.9. The highest BCUT2D eigenvalue weighted by Crippen LogP contribution is 2.22. The van der Waals surface area contributed by atoms with Gasteiger partial charge in [0.05, 0.1) is 0 Å². The molecule has 0 saturated heterocycles. The molecule has 0 aromatic heterocycles. The van der Waals surface area contributed by atoms with E-state index in [-0.39, 0.29) is 5.82 Å². The molecule has 0 spiro atoms.